The van der Waals surface area contributed by atoms with E-state index in [-0.39, 0.29) is 12.6 Å². The van der Waals surface area contributed by atoms with Crippen molar-refractivity contribution >= 4 is 11.7 Å². The molecule has 0 radical (unpaired) electrons. The van der Waals surface area contributed by atoms with Gasteiger partial charge in [0, 0.05) is 24.3 Å². The van der Waals surface area contributed by atoms with Gasteiger partial charge < -0.3 is 15.3 Å². The quantitative estimate of drug-likeness (QED) is 0.819. The topological polar surface area (TPSA) is 52.6 Å². The van der Waals surface area contributed by atoms with Crippen LogP contribution in [0.25, 0.3) is 0 Å². The van der Waals surface area contributed by atoms with Crippen LogP contribution in [0.5, 0.6) is 0 Å². The number of rotatable bonds is 3. The Morgan fingerprint density at radius 3 is 2.63 bits per heavy atom. The van der Waals surface area contributed by atoms with Crippen LogP contribution in [0.1, 0.15) is 25.0 Å². The zero-order valence-electron chi connectivity index (χ0n) is 11.7. The van der Waals surface area contributed by atoms with Crippen molar-refractivity contribution in [3.63, 3.8) is 0 Å². The molecule has 4 heteroatoms. The highest BCUT2D eigenvalue weighted by molar-refractivity contribution is 5.90. The van der Waals surface area contributed by atoms with Crippen LogP contribution in [0.15, 0.2) is 18.2 Å². The van der Waals surface area contributed by atoms with Gasteiger partial charge in [-0.3, -0.25) is 0 Å². The summed E-state index contributed by atoms with van der Waals surface area (Å²) < 4.78 is 0. The van der Waals surface area contributed by atoms with Crippen molar-refractivity contribution in [3.05, 3.63) is 29.3 Å². The molecule has 0 saturated heterocycles. The summed E-state index contributed by atoms with van der Waals surface area (Å²) in [5.41, 5.74) is 2.51. The lowest BCUT2D eigenvalue weighted by Crippen LogP contribution is -2.34. The zero-order chi connectivity index (χ0) is 14.3. The smallest absolute Gasteiger partial charge is 0.321 e. The minimum atomic E-state index is -0.172. The van der Waals surface area contributed by atoms with E-state index < -0.39 is 0 Å². The highest BCUT2D eigenvalue weighted by atomic mass is 16.2. The van der Waals surface area contributed by atoms with E-state index in [1.165, 1.54) is 0 Å². The number of benzene rings is 1. The number of amides is 2. The maximum Gasteiger partial charge on any atom is 0.321 e. The molecule has 2 N–H and O–H groups in total. The Kier molecular flexibility index (Phi) is 5.91. The third-order valence-corrected chi connectivity index (χ3v) is 2.84. The molecule has 0 aliphatic carbocycles. The van der Waals surface area contributed by atoms with Gasteiger partial charge in [-0.15, -0.1) is 0 Å². The molecule has 0 aliphatic heterocycles. The van der Waals surface area contributed by atoms with Crippen LogP contribution in [-0.4, -0.2) is 35.7 Å². The number of urea groups is 1. The molecular weight excluding hydrogens is 240 g/mol. The predicted octanol–water partition coefficient (Wildman–Crippen LogP) is 2.21. The Labute approximate surface area is 114 Å². The first-order chi connectivity index (χ1) is 9.12. The third kappa shape index (κ3) is 4.31. The van der Waals surface area contributed by atoms with Crippen molar-refractivity contribution in [2.75, 3.05) is 25.0 Å². The van der Waals surface area contributed by atoms with Gasteiger partial charge in [0.15, 0.2) is 0 Å². The second-order valence-corrected chi connectivity index (χ2v) is 4.09. The Bertz CT molecular complexity index is 497. The molecule has 19 heavy (non-hydrogen) atoms. The third-order valence-electron chi connectivity index (χ3n) is 2.84. The Hall–Kier alpha value is -1.99. The molecule has 0 unspecified atom stereocenters. The summed E-state index contributed by atoms with van der Waals surface area (Å²) in [6.45, 7) is 6.99. The van der Waals surface area contributed by atoms with Crippen LogP contribution in [0.2, 0.25) is 0 Å². The van der Waals surface area contributed by atoms with Crippen LogP contribution in [0.4, 0.5) is 10.5 Å². The highest BCUT2D eigenvalue weighted by Crippen LogP contribution is 2.17. The molecule has 1 aromatic rings. The van der Waals surface area contributed by atoms with Crippen molar-refractivity contribution in [3.8, 4) is 11.8 Å². The van der Waals surface area contributed by atoms with Gasteiger partial charge in [-0.25, -0.2) is 4.79 Å². The van der Waals surface area contributed by atoms with Crippen LogP contribution in [-0.2, 0) is 0 Å². The highest BCUT2D eigenvalue weighted by Gasteiger charge is 2.10. The van der Waals surface area contributed by atoms with Gasteiger partial charge in [0.05, 0.1) is 0 Å². The van der Waals surface area contributed by atoms with Crippen LogP contribution in [0.3, 0.4) is 0 Å². The number of aliphatic hydroxyl groups excluding tert-OH is 1. The summed E-state index contributed by atoms with van der Waals surface area (Å²) in [4.78, 5) is 13.7. The molecule has 0 bridgehead atoms. The van der Waals surface area contributed by atoms with Gasteiger partial charge in [0.25, 0.3) is 0 Å². The van der Waals surface area contributed by atoms with E-state index in [0.29, 0.717) is 13.1 Å². The molecule has 0 spiro atoms. The van der Waals surface area contributed by atoms with E-state index >= 15 is 0 Å². The van der Waals surface area contributed by atoms with E-state index in [4.69, 9.17) is 5.11 Å². The van der Waals surface area contributed by atoms with E-state index in [9.17, 15) is 4.79 Å². The number of aliphatic hydroxyl groups is 1. The number of nitrogens with one attached hydrogen (secondary N) is 1. The fraction of sp³-hybridized carbons (Fsp3) is 0.400. The van der Waals surface area contributed by atoms with Crippen molar-refractivity contribution in [1.82, 2.24) is 4.90 Å². The first-order valence-corrected chi connectivity index (χ1v) is 6.38. The number of carbonyl (C=O) groups is 1. The molecule has 4 nitrogen and oxygen atoms in total. The van der Waals surface area contributed by atoms with Gasteiger partial charge in [0.1, 0.15) is 6.61 Å². The monoisotopic (exact) mass is 260 g/mol. The molecule has 0 fully saturated rings. The lowest BCUT2D eigenvalue weighted by molar-refractivity contribution is 0.217. The molecule has 0 heterocycles. The average Bonchev–Trinajstić information content (AvgIpc) is 2.41. The van der Waals surface area contributed by atoms with Crippen molar-refractivity contribution in [2.24, 2.45) is 0 Å². The largest absolute Gasteiger partial charge is 0.384 e. The predicted molar refractivity (Wildman–Crippen MR) is 77.1 cm³/mol. The fourth-order valence-electron chi connectivity index (χ4n) is 1.68. The number of nitrogens with zero attached hydrogens (tertiary/aromatic N) is 1. The summed E-state index contributed by atoms with van der Waals surface area (Å²) in [7, 11) is 0. The molecule has 0 saturated carbocycles. The second kappa shape index (κ2) is 7.45. The lowest BCUT2D eigenvalue weighted by Gasteiger charge is -2.20. The fourth-order valence-corrected chi connectivity index (χ4v) is 1.68. The van der Waals surface area contributed by atoms with E-state index in [0.717, 1.165) is 16.8 Å². The molecular formula is C15H20N2O2. The van der Waals surface area contributed by atoms with Gasteiger partial charge in [0.2, 0.25) is 0 Å². The van der Waals surface area contributed by atoms with Crippen molar-refractivity contribution < 1.29 is 9.90 Å². The molecule has 2 amide bonds. The Morgan fingerprint density at radius 2 is 2.05 bits per heavy atom. The maximum absolute atomic E-state index is 12.0. The SMILES string of the molecule is CCN(CC)C(=O)Nc1cc(C#CCO)ccc1C. The first kappa shape index (κ1) is 15.1. The maximum atomic E-state index is 12.0. The summed E-state index contributed by atoms with van der Waals surface area (Å²) >= 11 is 0. The average molecular weight is 260 g/mol. The zero-order valence-corrected chi connectivity index (χ0v) is 11.7. The van der Waals surface area contributed by atoms with Crippen LogP contribution >= 0.6 is 0 Å². The van der Waals surface area contributed by atoms with Crippen LogP contribution < -0.4 is 5.32 Å². The number of anilines is 1. The molecule has 102 valence electrons. The summed E-state index contributed by atoms with van der Waals surface area (Å²) in [6, 6.07) is 5.48. The normalized spacial score (nSPS) is 9.47. The van der Waals surface area contributed by atoms with Crippen molar-refractivity contribution in [1.29, 1.82) is 0 Å². The van der Waals surface area contributed by atoms with Gasteiger partial charge in [-0.05, 0) is 38.5 Å². The van der Waals surface area contributed by atoms with Crippen LogP contribution in [0, 0.1) is 18.8 Å². The second-order valence-electron chi connectivity index (χ2n) is 4.09. The summed E-state index contributed by atoms with van der Waals surface area (Å²) in [5.74, 6) is 5.42. The minimum Gasteiger partial charge on any atom is -0.384 e. The standard InChI is InChI=1S/C15H20N2O2/c1-4-17(5-2)15(19)16-14-11-13(7-6-10-18)9-8-12(14)3/h8-9,11,18H,4-5,10H2,1-3H3,(H,16,19). The first-order valence-electron chi connectivity index (χ1n) is 6.38. The van der Waals surface area contributed by atoms with Crippen molar-refractivity contribution in [2.45, 2.75) is 20.8 Å². The molecule has 0 aromatic heterocycles. The van der Waals surface area contributed by atoms with Gasteiger partial charge in [-0.1, -0.05) is 17.9 Å². The van der Waals surface area contributed by atoms with Gasteiger partial charge >= 0.3 is 6.03 Å². The summed E-state index contributed by atoms with van der Waals surface area (Å²) in [5, 5.41) is 11.6. The van der Waals surface area contributed by atoms with E-state index in [2.05, 4.69) is 17.2 Å². The lowest BCUT2D eigenvalue weighted by atomic mass is 10.1. The minimum absolute atomic E-state index is 0.111. The summed E-state index contributed by atoms with van der Waals surface area (Å²) in [6.07, 6.45) is 0. The van der Waals surface area contributed by atoms with Gasteiger partial charge in [-0.2, -0.15) is 0 Å². The molecule has 0 atom stereocenters. The molecule has 0 aliphatic rings. The number of hydrogen-bond acceptors (Lipinski definition) is 2. The Balaban J connectivity index is 2.90. The molecule has 1 rings (SSSR count). The van der Waals surface area contributed by atoms with E-state index in [1.54, 1.807) is 4.90 Å². The molecule has 1 aromatic carbocycles. The number of carbonyl (C=O) groups excluding carboxylic acids is 1. The van der Waals surface area contributed by atoms with E-state index in [1.807, 2.05) is 39.0 Å². The number of aryl methyl sites for hydroxylation is 1. The Morgan fingerprint density at radius 1 is 1.37 bits per heavy atom. The number of hydrogen-bond donors (Lipinski definition) is 2.